The van der Waals surface area contributed by atoms with Gasteiger partial charge >= 0.3 is 5.69 Å². The van der Waals surface area contributed by atoms with Crippen molar-refractivity contribution in [1.82, 2.24) is 9.55 Å². The second-order valence-corrected chi connectivity index (χ2v) is 6.70. The molecule has 3 N–H and O–H groups in total. The predicted molar refractivity (Wildman–Crippen MR) is 82.8 cm³/mol. The Hall–Kier alpha value is -1.77. The zero-order valence-electron chi connectivity index (χ0n) is 13.5. The van der Waals surface area contributed by atoms with Gasteiger partial charge in [-0.1, -0.05) is 20.8 Å². The van der Waals surface area contributed by atoms with Crippen LogP contribution in [0.3, 0.4) is 0 Å². The van der Waals surface area contributed by atoms with Crippen molar-refractivity contribution in [3.63, 3.8) is 0 Å². The normalized spacial score (nSPS) is 24.7. The number of aliphatic hydroxyl groups excluding tert-OH is 2. The number of amides is 1. The number of ether oxygens (including phenoxy) is 1. The molecule has 2 heterocycles. The molecule has 0 unspecified atom stereocenters. The molecule has 1 aliphatic rings. The van der Waals surface area contributed by atoms with E-state index in [0.717, 1.165) is 0 Å². The SMILES string of the molecule is CC(C)(C)C(=O)Nc1ccn([C@H]2C[C@H](CO)[C@@H](CO)O2)c(=O)n1. The zero-order chi connectivity index (χ0) is 17.2. The van der Waals surface area contributed by atoms with Crippen LogP contribution in [-0.2, 0) is 9.53 Å². The number of aliphatic hydroxyl groups is 2. The Balaban J connectivity index is 2.15. The topological polar surface area (TPSA) is 114 Å². The molecular weight excluding hydrogens is 302 g/mol. The summed E-state index contributed by atoms with van der Waals surface area (Å²) < 4.78 is 6.88. The van der Waals surface area contributed by atoms with Crippen LogP contribution in [0.4, 0.5) is 5.82 Å². The lowest BCUT2D eigenvalue weighted by Gasteiger charge is -2.18. The summed E-state index contributed by atoms with van der Waals surface area (Å²) in [4.78, 5) is 27.9. The molecule has 128 valence electrons. The van der Waals surface area contributed by atoms with Crippen molar-refractivity contribution in [2.45, 2.75) is 39.5 Å². The molecule has 0 spiro atoms. The first-order chi connectivity index (χ1) is 10.8. The van der Waals surface area contributed by atoms with Crippen LogP contribution in [0.15, 0.2) is 17.1 Å². The van der Waals surface area contributed by atoms with Crippen LogP contribution in [0.2, 0.25) is 0 Å². The lowest BCUT2D eigenvalue weighted by molar-refractivity contribution is -0.123. The van der Waals surface area contributed by atoms with Gasteiger partial charge < -0.3 is 20.3 Å². The molecule has 23 heavy (non-hydrogen) atoms. The highest BCUT2D eigenvalue weighted by Gasteiger charge is 2.35. The second kappa shape index (κ2) is 6.77. The number of anilines is 1. The van der Waals surface area contributed by atoms with Gasteiger partial charge in [-0.05, 0) is 6.07 Å². The minimum absolute atomic E-state index is 0.121. The number of carbonyl (C=O) groups excluding carboxylic acids is 1. The van der Waals surface area contributed by atoms with E-state index in [1.807, 2.05) is 0 Å². The molecule has 1 saturated heterocycles. The Morgan fingerprint density at radius 2 is 2.13 bits per heavy atom. The van der Waals surface area contributed by atoms with Crippen LogP contribution < -0.4 is 11.0 Å². The molecule has 0 radical (unpaired) electrons. The van der Waals surface area contributed by atoms with Crippen molar-refractivity contribution in [3.05, 3.63) is 22.7 Å². The Bertz CT molecular complexity index is 610. The largest absolute Gasteiger partial charge is 0.396 e. The molecule has 0 aromatic carbocycles. The van der Waals surface area contributed by atoms with Crippen molar-refractivity contribution in [2.75, 3.05) is 18.5 Å². The number of hydrogen-bond donors (Lipinski definition) is 3. The van der Waals surface area contributed by atoms with Crippen LogP contribution >= 0.6 is 0 Å². The minimum atomic E-state index is -0.589. The van der Waals surface area contributed by atoms with Gasteiger partial charge in [0.1, 0.15) is 12.0 Å². The fraction of sp³-hybridized carbons (Fsp3) is 0.667. The molecule has 8 nitrogen and oxygen atoms in total. The molecule has 8 heteroatoms. The first-order valence-electron chi connectivity index (χ1n) is 7.54. The van der Waals surface area contributed by atoms with Gasteiger partial charge in [0, 0.05) is 30.6 Å². The molecule has 2 rings (SSSR count). The monoisotopic (exact) mass is 325 g/mol. The van der Waals surface area contributed by atoms with Gasteiger partial charge in [-0.15, -0.1) is 0 Å². The molecule has 1 fully saturated rings. The molecule has 0 bridgehead atoms. The van der Waals surface area contributed by atoms with E-state index in [2.05, 4.69) is 10.3 Å². The summed E-state index contributed by atoms with van der Waals surface area (Å²) in [7, 11) is 0. The summed E-state index contributed by atoms with van der Waals surface area (Å²) >= 11 is 0. The Morgan fingerprint density at radius 3 is 2.61 bits per heavy atom. The Kier molecular flexibility index (Phi) is 5.18. The molecular formula is C15H23N3O5. The van der Waals surface area contributed by atoms with E-state index in [0.29, 0.717) is 6.42 Å². The molecule has 1 aromatic rings. The maximum absolute atomic E-state index is 12.1. The van der Waals surface area contributed by atoms with Crippen molar-refractivity contribution in [3.8, 4) is 0 Å². The third-order valence-corrected chi connectivity index (χ3v) is 3.84. The summed E-state index contributed by atoms with van der Waals surface area (Å²) in [5.41, 5.74) is -1.15. The summed E-state index contributed by atoms with van der Waals surface area (Å²) in [6.07, 6.45) is 0.817. The third-order valence-electron chi connectivity index (χ3n) is 3.84. The maximum Gasteiger partial charge on any atom is 0.351 e. The molecule has 1 aliphatic heterocycles. The molecule has 0 aliphatic carbocycles. The van der Waals surface area contributed by atoms with Gasteiger partial charge in [0.15, 0.2) is 0 Å². The highest BCUT2D eigenvalue weighted by Crippen LogP contribution is 2.32. The van der Waals surface area contributed by atoms with Crippen LogP contribution in [0, 0.1) is 11.3 Å². The average Bonchev–Trinajstić information content (AvgIpc) is 2.89. The highest BCUT2D eigenvalue weighted by molar-refractivity contribution is 5.93. The van der Waals surface area contributed by atoms with Gasteiger partial charge in [0.2, 0.25) is 5.91 Å². The first kappa shape index (κ1) is 17.6. The van der Waals surface area contributed by atoms with E-state index in [1.165, 1.54) is 16.8 Å². The fourth-order valence-electron chi connectivity index (χ4n) is 2.35. The van der Waals surface area contributed by atoms with Crippen molar-refractivity contribution >= 4 is 11.7 Å². The second-order valence-electron chi connectivity index (χ2n) is 6.70. The summed E-state index contributed by atoms with van der Waals surface area (Å²) in [6, 6.07) is 1.52. The quantitative estimate of drug-likeness (QED) is 0.724. The number of nitrogens with zero attached hydrogens (tertiary/aromatic N) is 2. The van der Waals surface area contributed by atoms with Gasteiger partial charge in [0.05, 0.1) is 12.7 Å². The lowest BCUT2D eigenvalue weighted by Crippen LogP contribution is -2.31. The molecule has 1 amide bonds. The highest BCUT2D eigenvalue weighted by atomic mass is 16.5. The number of nitrogens with one attached hydrogen (secondary N) is 1. The number of rotatable bonds is 4. The molecule has 0 saturated carbocycles. The third kappa shape index (κ3) is 3.95. The smallest absolute Gasteiger partial charge is 0.351 e. The van der Waals surface area contributed by atoms with E-state index in [4.69, 9.17) is 4.74 Å². The van der Waals surface area contributed by atoms with E-state index in [1.54, 1.807) is 20.8 Å². The van der Waals surface area contributed by atoms with Crippen molar-refractivity contribution in [1.29, 1.82) is 0 Å². The Labute approximate surface area is 134 Å². The maximum atomic E-state index is 12.1. The first-order valence-corrected chi connectivity index (χ1v) is 7.54. The van der Waals surface area contributed by atoms with E-state index in [-0.39, 0.29) is 30.9 Å². The van der Waals surface area contributed by atoms with Gasteiger partial charge in [-0.25, -0.2) is 4.79 Å². The van der Waals surface area contributed by atoms with E-state index in [9.17, 15) is 19.8 Å². The molecule has 1 aromatic heterocycles. The van der Waals surface area contributed by atoms with Crippen LogP contribution in [0.5, 0.6) is 0 Å². The number of hydrogen-bond acceptors (Lipinski definition) is 6. The van der Waals surface area contributed by atoms with Crippen molar-refractivity contribution < 1.29 is 19.7 Å². The average molecular weight is 325 g/mol. The predicted octanol–water partition coefficient (Wildman–Crippen LogP) is 0.116. The van der Waals surface area contributed by atoms with Crippen LogP contribution in [0.25, 0.3) is 0 Å². The summed E-state index contributed by atoms with van der Waals surface area (Å²) in [5, 5.41) is 21.1. The summed E-state index contributed by atoms with van der Waals surface area (Å²) in [5.74, 6) is -0.279. The van der Waals surface area contributed by atoms with Crippen LogP contribution in [0.1, 0.15) is 33.4 Å². The Morgan fingerprint density at radius 1 is 1.43 bits per heavy atom. The minimum Gasteiger partial charge on any atom is -0.396 e. The summed E-state index contributed by atoms with van der Waals surface area (Å²) in [6.45, 7) is 4.95. The van der Waals surface area contributed by atoms with E-state index < -0.39 is 23.4 Å². The van der Waals surface area contributed by atoms with Crippen molar-refractivity contribution in [2.24, 2.45) is 11.3 Å². The standard InChI is InChI=1S/C15H23N3O5/c1-15(2,3)13(21)16-11-4-5-18(14(22)17-11)12-6-9(7-19)10(8-20)23-12/h4-5,9-10,12,19-20H,6-8H2,1-3H3,(H,16,17,21,22)/t9-,10-,12-/m1/s1. The van der Waals surface area contributed by atoms with Gasteiger partial charge in [0.25, 0.3) is 0 Å². The number of aromatic nitrogens is 2. The fourth-order valence-corrected chi connectivity index (χ4v) is 2.35. The van der Waals surface area contributed by atoms with Crippen LogP contribution in [-0.4, -0.2) is 45.0 Å². The van der Waals surface area contributed by atoms with E-state index >= 15 is 0 Å². The molecule has 3 atom stereocenters. The zero-order valence-corrected chi connectivity index (χ0v) is 13.5. The van der Waals surface area contributed by atoms with Gasteiger partial charge in [-0.2, -0.15) is 4.98 Å². The lowest BCUT2D eigenvalue weighted by atomic mass is 9.96. The number of carbonyl (C=O) groups is 1. The van der Waals surface area contributed by atoms with Gasteiger partial charge in [-0.3, -0.25) is 9.36 Å².